The summed E-state index contributed by atoms with van der Waals surface area (Å²) in [5.41, 5.74) is -0.0274. The first-order valence-electron chi connectivity index (χ1n) is 8.46. The van der Waals surface area contributed by atoms with Crippen LogP contribution in [0.15, 0.2) is 36.4 Å². The molecule has 2 aromatic carbocycles. The number of hydrogen-bond donors (Lipinski definition) is 3. The third-order valence-electron chi connectivity index (χ3n) is 4.22. The molecule has 2 aromatic rings. The lowest BCUT2D eigenvalue weighted by Crippen LogP contribution is -2.35. The summed E-state index contributed by atoms with van der Waals surface area (Å²) in [6.45, 7) is 0.170. The van der Waals surface area contributed by atoms with Crippen LogP contribution in [0.3, 0.4) is 0 Å². The Labute approximate surface area is 169 Å². The molecular weight excluding hydrogens is 404 g/mol. The number of benzene rings is 2. The van der Waals surface area contributed by atoms with E-state index in [-0.39, 0.29) is 47.8 Å². The van der Waals surface area contributed by atoms with Crippen molar-refractivity contribution in [3.63, 3.8) is 0 Å². The third-order valence-corrected chi connectivity index (χ3v) is 4.45. The molecule has 0 bridgehead atoms. The van der Waals surface area contributed by atoms with E-state index in [4.69, 9.17) is 11.6 Å². The number of nitro groups is 1. The van der Waals surface area contributed by atoms with Crippen molar-refractivity contribution in [3.8, 4) is 5.75 Å². The molecular formula is C18H15ClN4O6. The predicted octanol–water partition coefficient (Wildman–Crippen LogP) is 2.76. The molecule has 4 amide bonds. The van der Waals surface area contributed by atoms with E-state index in [2.05, 4.69) is 10.6 Å². The summed E-state index contributed by atoms with van der Waals surface area (Å²) in [4.78, 5) is 47.8. The lowest BCUT2D eigenvalue weighted by molar-refractivity contribution is -0.384. The van der Waals surface area contributed by atoms with Gasteiger partial charge in [-0.3, -0.25) is 24.6 Å². The normalized spacial score (nSPS) is 12.7. The van der Waals surface area contributed by atoms with Crippen LogP contribution in [0.2, 0.25) is 5.02 Å². The number of halogens is 1. The number of rotatable bonds is 6. The first-order valence-corrected chi connectivity index (χ1v) is 8.83. The standard InChI is InChI=1S/C18H15ClN4O6/c19-10-2-5-15(24)14(8-10)21-18(27)20-6-1-7-22-16(25)12-4-3-11(23(28)29)9-13(12)17(22)26/h2-5,8-9,24H,1,6-7H2,(H2,20,21,27). The highest BCUT2D eigenvalue weighted by Gasteiger charge is 2.36. The number of urea groups is 1. The van der Waals surface area contributed by atoms with Crippen molar-refractivity contribution in [3.05, 3.63) is 62.7 Å². The van der Waals surface area contributed by atoms with Crippen molar-refractivity contribution >= 4 is 40.8 Å². The van der Waals surface area contributed by atoms with Crippen LogP contribution in [0.25, 0.3) is 0 Å². The summed E-state index contributed by atoms with van der Waals surface area (Å²) in [5, 5.41) is 25.8. The second-order valence-electron chi connectivity index (χ2n) is 6.14. The van der Waals surface area contributed by atoms with E-state index < -0.39 is 22.8 Å². The SMILES string of the molecule is O=C(NCCCN1C(=O)c2ccc([N+](=O)[O-])cc2C1=O)Nc1cc(Cl)ccc1O. The van der Waals surface area contributed by atoms with Gasteiger partial charge in [0.1, 0.15) is 5.75 Å². The highest BCUT2D eigenvalue weighted by atomic mass is 35.5. The molecule has 0 atom stereocenters. The molecule has 0 unspecified atom stereocenters. The van der Waals surface area contributed by atoms with Crippen LogP contribution in [0, 0.1) is 10.1 Å². The molecule has 0 spiro atoms. The van der Waals surface area contributed by atoms with Gasteiger partial charge in [0.2, 0.25) is 0 Å². The van der Waals surface area contributed by atoms with Gasteiger partial charge in [-0.25, -0.2) is 4.79 Å². The number of nitrogens with one attached hydrogen (secondary N) is 2. The van der Waals surface area contributed by atoms with Crippen molar-refractivity contribution in [2.45, 2.75) is 6.42 Å². The van der Waals surface area contributed by atoms with Gasteiger partial charge in [-0.05, 0) is 30.7 Å². The largest absolute Gasteiger partial charge is 0.506 e. The smallest absolute Gasteiger partial charge is 0.319 e. The highest BCUT2D eigenvalue weighted by Crippen LogP contribution is 2.27. The van der Waals surface area contributed by atoms with Gasteiger partial charge in [0.15, 0.2) is 0 Å². The Kier molecular flexibility index (Phi) is 5.64. The quantitative estimate of drug-likeness (QED) is 0.216. The average Bonchev–Trinajstić information content (AvgIpc) is 2.92. The molecule has 0 aromatic heterocycles. The van der Waals surface area contributed by atoms with Gasteiger partial charge in [-0.1, -0.05) is 11.6 Å². The minimum absolute atomic E-state index is 0.00802. The molecule has 1 aliphatic heterocycles. The monoisotopic (exact) mass is 418 g/mol. The molecule has 10 nitrogen and oxygen atoms in total. The number of anilines is 1. The Hall–Kier alpha value is -3.66. The predicted molar refractivity (Wildman–Crippen MR) is 103 cm³/mol. The number of nitro benzene ring substituents is 1. The highest BCUT2D eigenvalue weighted by molar-refractivity contribution is 6.31. The zero-order chi connectivity index (χ0) is 21.1. The number of non-ortho nitro benzene ring substituents is 1. The summed E-state index contributed by atoms with van der Waals surface area (Å²) in [5.74, 6) is -1.29. The number of fused-ring (bicyclic) bond motifs is 1. The first kappa shape index (κ1) is 20.1. The first-order chi connectivity index (χ1) is 13.8. The van der Waals surface area contributed by atoms with Crippen LogP contribution in [-0.4, -0.2) is 45.9 Å². The second kappa shape index (κ2) is 8.15. The van der Waals surface area contributed by atoms with Crippen LogP contribution in [0.1, 0.15) is 27.1 Å². The number of nitrogens with zero attached hydrogens (tertiary/aromatic N) is 2. The molecule has 0 radical (unpaired) electrons. The van der Waals surface area contributed by atoms with Crippen LogP contribution in [0.4, 0.5) is 16.2 Å². The number of hydrogen-bond acceptors (Lipinski definition) is 6. The van der Waals surface area contributed by atoms with E-state index in [1.54, 1.807) is 0 Å². The van der Waals surface area contributed by atoms with Crippen molar-refractivity contribution < 1.29 is 24.4 Å². The molecule has 0 saturated heterocycles. The molecule has 0 fully saturated rings. The van der Waals surface area contributed by atoms with Crippen molar-refractivity contribution in [2.75, 3.05) is 18.4 Å². The lowest BCUT2D eigenvalue weighted by Gasteiger charge is -2.14. The minimum Gasteiger partial charge on any atom is -0.506 e. The molecule has 1 heterocycles. The number of amides is 4. The summed E-state index contributed by atoms with van der Waals surface area (Å²) in [6, 6.07) is 7.11. The summed E-state index contributed by atoms with van der Waals surface area (Å²) >= 11 is 5.80. The Morgan fingerprint density at radius 2 is 1.86 bits per heavy atom. The Bertz CT molecular complexity index is 1030. The maximum atomic E-state index is 12.4. The van der Waals surface area contributed by atoms with E-state index in [0.29, 0.717) is 5.02 Å². The van der Waals surface area contributed by atoms with Crippen LogP contribution in [0.5, 0.6) is 5.75 Å². The van der Waals surface area contributed by atoms with E-state index in [9.17, 15) is 29.6 Å². The fourth-order valence-corrected chi connectivity index (χ4v) is 2.98. The molecule has 3 rings (SSSR count). The van der Waals surface area contributed by atoms with Crippen LogP contribution in [-0.2, 0) is 0 Å². The zero-order valence-electron chi connectivity index (χ0n) is 14.8. The summed E-state index contributed by atoms with van der Waals surface area (Å²) in [7, 11) is 0. The van der Waals surface area contributed by atoms with E-state index in [0.717, 1.165) is 11.0 Å². The molecule has 1 aliphatic rings. The molecule has 3 N–H and O–H groups in total. The van der Waals surface area contributed by atoms with Gasteiger partial charge >= 0.3 is 6.03 Å². The number of aromatic hydroxyl groups is 1. The number of carbonyl (C=O) groups is 3. The summed E-state index contributed by atoms with van der Waals surface area (Å²) < 4.78 is 0. The number of phenolic OH excluding ortho intramolecular Hbond substituents is 1. The maximum absolute atomic E-state index is 12.4. The Morgan fingerprint density at radius 1 is 1.14 bits per heavy atom. The van der Waals surface area contributed by atoms with Gasteiger partial charge in [0, 0.05) is 30.2 Å². The van der Waals surface area contributed by atoms with Crippen molar-refractivity contribution in [1.82, 2.24) is 10.2 Å². The fraction of sp³-hybridized carbons (Fsp3) is 0.167. The fourth-order valence-electron chi connectivity index (χ4n) is 2.81. The molecule has 0 saturated carbocycles. The van der Waals surface area contributed by atoms with Gasteiger partial charge in [0.25, 0.3) is 17.5 Å². The summed E-state index contributed by atoms with van der Waals surface area (Å²) in [6.07, 6.45) is 0.266. The number of phenols is 1. The van der Waals surface area contributed by atoms with Crippen molar-refractivity contribution in [2.24, 2.45) is 0 Å². The van der Waals surface area contributed by atoms with Gasteiger partial charge in [0.05, 0.1) is 21.7 Å². The maximum Gasteiger partial charge on any atom is 0.319 e. The lowest BCUT2D eigenvalue weighted by atomic mass is 10.1. The van der Waals surface area contributed by atoms with Gasteiger partial charge in [-0.2, -0.15) is 0 Å². The number of imide groups is 1. The van der Waals surface area contributed by atoms with Gasteiger partial charge < -0.3 is 15.7 Å². The molecule has 11 heteroatoms. The third kappa shape index (κ3) is 4.27. The zero-order valence-corrected chi connectivity index (χ0v) is 15.6. The number of carbonyl (C=O) groups excluding carboxylic acids is 3. The van der Waals surface area contributed by atoms with E-state index >= 15 is 0 Å². The average molecular weight is 419 g/mol. The van der Waals surface area contributed by atoms with Gasteiger partial charge in [-0.15, -0.1) is 0 Å². The van der Waals surface area contributed by atoms with Crippen LogP contribution >= 0.6 is 11.6 Å². The topological polar surface area (TPSA) is 142 Å². The van der Waals surface area contributed by atoms with E-state index in [1.807, 2.05) is 0 Å². The van der Waals surface area contributed by atoms with E-state index in [1.165, 1.54) is 30.3 Å². The molecule has 29 heavy (non-hydrogen) atoms. The molecule has 0 aliphatic carbocycles. The Balaban J connectivity index is 1.52. The van der Waals surface area contributed by atoms with Crippen molar-refractivity contribution in [1.29, 1.82) is 0 Å². The molecule has 150 valence electrons. The van der Waals surface area contributed by atoms with Crippen LogP contribution < -0.4 is 10.6 Å². The second-order valence-corrected chi connectivity index (χ2v) is 6.58. The minimum atomic E-state index is -0.638. The Morgan fingerprint density at radius 3 is 2.59 bits per heavy atom.